The van der Waals surface area contributed by atoms with Crippen molar-refractivity contribution in [1.82, 2.24) is 0 Å². The molecule has 2 aromatic rings. The molecule has 0 saturated carbocycles. The summed E-state index contributed by atoms with van der Waals surface area (Å²) < 4.78 is 0. The minimum absolute atomic E-state index is 0.128. The number of rotatable bonds is 3. The van der Waals surface area contributed by atoms with E-state index in [0.29, 0.717) is 15.7 Å². The van der Waals surface area contributed by atoms with Gasteiger partial charge in [0, 0.05) is 17.0 Å². The molecule has 0 aliphatic carbocycles. The van der Waals surface area contributed by atoms with Crippen LogP contribution >= 0.6 is 23.2 Å². The highest BCUT2D eigenvalue weighted by atomic mass is 35.5. The van der Waals surface area contributed by atoms with Gasteiger partial charge in [0.2, 0.25) is 5.91 Å². The highest BCUT2D eigenvalue weighted by Crippen LogP contribution is 2.20. The molecule has 0 bridgehead atoms. The highest BCUT2D eigenvalue weighted by Gasteiger charge is 2.11. The maximum absolute atomic E-state index is 11.7. The Labute approximate surface area is 121 Å². The lowest BCUT2D eigenvalue weighted by atomic mass is 10.3. The van der Waals surface area contributed by atoms with E-state index in [4.69, 9.17) is 23.2 Å². The van der Waals surface area contributed by atoms with Crippen LogP contribution in [0.15, 0.2) is 48.5 Å². The smallest absolute Gasteiger partial charge is 0.242 e. The van der Waals surface area contributed by atoms with Crippen molar-refractivity contribution >= 4 is 40.5 Å². The van der Waals surface area contributed by atoms with Crippen LogP contribution in [0.1, 0.15) is 6.92 Å². The number of amides is 1. The van der Waals surface area contributed by atoms with E-state index < -0.39 is 0 Å². The summed E-state index contributed by atoms with van der Waals surface area (Å²) in [6.45, 7) is 1.48. The van der Waals surface area contributed by atoms with E-state index in [9.17, 15) is 4.79 Å². The van der Waals surface area contributed by atoms with Crippen molar-refractivity contribution in [2.24, 2.45) is 0 Å². The topological polar surface area (TPSA) is 32.3 Å². The summed E-state index contributed by atoms with van der Waals surface area (Å²) in [5, 5.41) is 2.71. The summed E-state index contributed by atoms with van der Waals surface area (Å²) in [5.74, 6) is -0.128. The number of hydrogen-bond acceptors (Lipinski definition) is 2. The number of nitrogens with one attached hydrogen (secondary N) is 1. The van der Waals surface area contributed by atoms with E-state index in [1.54, 1.807) is 48.5 Å². The first-order valence-corrected chi connectivity index (χ1v) is 6.40. The fraction of sp³-hybridized carbons (Fsp3) is 0.0714. The van der Waals surface area contributed by atoms with Crippen LogP contribution < -0.4 is 10.4 Å². The molecule has 3 nitrogen and oxygen atoms in total. The first kappa shape index (κ1) is 13.7. The minimum Gasteiger partial charge on any atom is -0.291 e. The zero-order valence-electron chi connectivity index (χ0n) is 10.2. The maximum Gasteiger partial charge on any atom is 0.242 e. The SMILES string of the molecule is CC(=O)N(Nc1ccc(Cl)cc1)c1ccc(Cl)cc1. The van der Waals surface area contributed by atoms with Crippen molar-refractivity contribution in [2.45, 2.75) is 6.92 Å². The molecule has 0 fully saturated rings. The van der Waals surface area contributed by atoms with Crippen molar-refractivity contribution in [1.29, 1.82) is 0 Å². The van der Waals surface area contributed by atoms with E-state index in [1.165, 1.54) is 11.9 Å². The summed E-state index contributed by atoms with van der Waals surface area (Å²) in [4.78, 5) is 11.7. The van der Waals surface area contributed by atoms with Gasteiger partial charge in [0.15, 0.2) is 0 Å². The monoisotopic (exact) mass is 294 g/mol. The zero-order chi connectivity index (χ0) is 13.8. The van der Waals surface area contributed by atoms with Crippen LogP contribution in [0, 0.1) is 0 Å². The van der Waals surface area contributed by atoms with E-state index >= 15 is 0 Å². The molecule has 0 radical (unpaired) electrons. The molecule has 0 aromatic heterocycles. The lowest BCUT2D eigenvalue weighted by Gasteiger charge is -2.23. The van der Waals surface area contributed by atoms with Crippen LogP contribution in [0.3, 0.4) is 0 Å². The molecule has 0 atom stereocenters. The molecule has 2 aromatic carbocycles. The lowest BCUT2D eigenvalue weighted by molar-refractivity contribution is -0.116. The molecule has 0 unspecified atom stereocenters. The van der Waals surface area contributed by atoms with E-state index in [1.807, 2.05) is 0 Å². The number of hydrogen-bond donors (Lipinski definition) is 1. The molecule has 0 heterocycles. The summed E-state index contributed by atoms with van der Waals surface area (Å²) in [6.07, 6.45) is 0. The Bertz CT molecular complexity index is 567. The molecule has 0 aliphatic heterocycles. The van der Waals surface area contributed by atoms with Crippen molar-refractivity contribution in [3.05, 3.63) is 58.6 Å². The number of halogens is 2. The summed E-state index contributed by atoms with van der Waals surface area (Å²) in [7, 11) is 0. The molecule has 5 heteroatoms. The van der Waals surface area contributed by atoms with Gasteiger partial charge in [0.1, 0.15) is 0 Å². The average molecular weight is 295 g/mol. The first-order valence-electron chi connectivity index (χ1n) is 5.65. The van der Waals surface area contributed by atoms with Gasteiger partial charge in [-0.2, -0.15) is 0 Å². The molecule has 2 rings (SSSR count). The Morgan fingerprint density at radius 2 is 1.42 bits per heavy atom. The maximum atomic E-state index is 11.7. The normalized spacial score (nSPS) is 10.1. The summed E-state index contributed by atoms with van der Waals surface area (Å²) in [5.41, 5.74) is 4.51. The van der Waals surface area contributed by atoms with Crippen LogP contribution in [0.5, 0.6) is 0 Å². The number of benzene rings is 2. The van der Waals surface area contributed by atoms with Gasteiger partial charge in [0.05, 0.1) is 11.4 Å². The molecule has 1 amide bonds. The Balaban J connectivity index is 2.23. The van der Waals surface area contributed by atoms with E-state index in [-0.39, 0.29) is 5.91 Å². The number of hydrazine groups is 1. The Hall–Kier alpha value is -1.71. The van der Waals surface area contributed by atoms with Crippen molar-refractivity contribution in [2.75, 3.05) is 10.4 Å². The van der Waals surface area contributed by atoms with Crippen LogP contribution in [-0.4, -0.2) is 5.91 Å². The van der Waals surface area contributed by atoms with Gasteiger partial charge in [-0.15, -0.1) is 0 Å². The van der Waals surface area contributed by atoms with Gasteiger partial charge in [-0.25, -0.2) is 5.01 Å². The lowest BCUT2D eigenvalue weighted by Crippen LogP contribution is -2.34. The molecule has 1 N–H and O–H groups in total. The van der Waals surface area contributed by atoms with Gasteiger partial charge >= 0.3 is 0 Å². The Kier molecular flexibility index (Phi) is 4.30. The Morgan fingerprint density at radius 1 is 0.947 bits per heavy atom. The van der Waals surface area contributed by atoms with Gasteiger partial charge in [0.25, 0.3) is 0 Å². The van der Waals surface area contributed by atoms with E-state index in [2.05, 4.69) is 5.43 Å². The Morgan fingerprint density at radius 3 is 1.89 bits per heavy atom. The van der Waals surface area contributed by atoms with Gasteiger partial charge < -0.3 is 0 Å². The average Bonchev–Trinajstić information content (AvgIpc) is 2.39. The molecule has 98 valence electrons. The van der Waals surface area contributed by atoms with Crippen LogP contribution in [0.25, 0.3) is 0 Å². The van der Waals surface area contributed by atoms with Crippen LogP contribution in [-0.2, 0) is 4.79 Å². The highest BCUT2D eigenvalue weighted by molar-refractivity contribution is 6.31. The van der Waals surface area contributed by atoms with Gasteiger partial charge in [-0.05, 0) is 48.5 Å². The fourth-order valence-electron chi connectivity index (χ4n) is 1.57. The largest absolute Gasteiger partial charge is 0.291 e. The number of anilines is 2. The first-order chi connectivity index (χ1) is 9.06. The molecule has 0 spiro atoms. The number of nitrogens with zero attached hydrogens (tertiary/aromatic N) is 1. The molecular weight excluding hydrogens is 283 g/mol. The molecular formula is C14H12Cl2N2O. The van der Waals surface area contributed by atoms with Crippen molar-refractivity contribution < 1.29 is 4.79 Å². The van der Waals surface area contributed by atoms with Gasteiger partial charge in [-0.1, -0.05) is 23.2 Å². The predicted molar refractivity (Wildman–Crippen MR) is 79.7 cm³/mol. The van der Waals surface area contributed by atoms with Crippen LogP contribution in [0.4, 0.5) is 11.4 Å². The zero-order valence-corrected chi connectivity index (χ0v) is 11.7. The predicted octanol–water partition coefficient (Wildman–Crippen LogP) is 4.37. The van der Waals surface area contributed by atoms with Crippen LogP contribution in [0.2, 0.25) is 10.0 Å². The second-order valence-electron chi connectivity index (χ2n) is 3.95. The van der Waals surface area contributed by atoms with Crippen molar-refractivity contribution in [3.8, 4) is 0 Å². The molecule has 0 aliphatic rings. The second-order valence-corrected chi connectivity index (χ2v) is 4.82. The summed E-state index contributed by atoms with van der Waals surface area (Å²) >= 11 is 11.7. The standard InChI is InChI=1S/C14H12Cl2N2O/c1-10(19)18(14-8-4-12(16)5-9-14)17-13-6-2-11(15)3-7-13/h2-9,17H,1H3. The molecule has 0 saturated heterocycles. The number of carbonyl (C=O) groups is 1. The summed E-state index contributed by atoms with van der Waals surface area (Å²) in [6, 6.07) is 14.1. The number of carbonyl (C=O) groups excluding carboxylic acids is 1. The quantitative estimate of drug-likeness (QED) is 0.853. The van der Waals surface area contributed by atoms with Crippen molar-refractivity contribution in [3.63, 3.8) is 0 Å². The minimum atomic E-state index is -0.128. The third-order valence-electron chi connectivity index (χ3n) is 2.48. The van der Waals surface area contributed by atoms with E-state index in [0.717, 1.165) is 5.69 Å². The second kappa shape index (κ2) is 5.95. The fourth-order valence-corrected chi connectivity index (χ4v) is 1.82. The molecule has 19 heavy (non-hydrogen) atoms. The third-order valence-corrected chi connectivity index (χ3v) is 2.99. The van der Waals surface area contributed by atoms with Gasteiger partial charge in [-0.3, -0.25) is 10.2 Å². The third kappa shape index (κ3) is 3.63.